The van der Waals surface area contributed by atoms with Gasteiger partial charge in [-0.15, -0.1) is 10.2 Å². The predicted molar refractivity (Wildman–Crippen MR) is 110 cm³/mol. The first-order valence-electron chi connectivity index (χ1n) is 9.85. The van der Waals surface area contributed by atoms with Crippen LogP contribution in [0.15, 0.2) is 40.6 Å². The molecule has 1 unspecified atom stereocenters. The average molecular weight is 413 g/mol. The summed E-state index contributed by atoms with van der Waals surface area (Å²) in [6.45, 7) is 4.42. The topological polar surface area (TPSA) is 133 Å². The third-order valence-electron chi connectivity index (χ3n) is 4.26. The number of benzene rings is 1. The molecule has 160 valence electrons. The zero-order valence-electron chi connectivity index (χ0n) is 17.0. The lowest BCUT2D eigenvalue weighted by Crippen LogP contribution is -2.29. The van der Waals surface area contributed by atoms with E-state index in [0.29, 0.717) is 26.3 Å². The van der Waals surface area contributed by atoms with Crippen molar-refractivity contribution in [2.24, 2.45) is 0 Å². The Hall–Kier alpha value is -3.06. The quantitative estimate of drug-likeness (QED) is 0.257. The summed E-state index contributed by atoms with van der Waals surface area (Å²) in [4.78, 5) is 12.5. The molecule has 1 amide bonds. The van der Waals surface area contributed by atoms with Crippen LogP contribution in [0.5, 0.6) is 0 Å². The van der Waals surface area contributed by atoms with Gasteiger partial charge in [0.05, 0.1) is 25.9 Å². The third kappa shape index (κ3) is 7.75. The number of rotatable bonds is 13. The first kappa shape index (κ1) is 23.2. The summed E-state index contributed by atoms with van der Waals surface area (Å²) in [5.41, 5.74) is 1.88. The molecule has 0 aliphatic carbocycles. The highest BCUT2D eigenvalue weighted by Gasteiger charge is 2.17. The molecule has 9 nitrogen and oxygen atoms in total. The lowest BCUT2D eigenvalue weighted by atomic mass is 10.0. The van der Waals surface area contributed by atoms with E-state index in [2.05, 4.69) is 20.8 Å². The van der Waals surface area contributed by atoms with Gasteiger partial charge in [0.1, 0.15) is 11.6 Å². The van der Waals surface area contributed by atoms with Gasteiger partial charge < -0.3 is 24.9 Å². The Morgan fingerprint density at radius 3 is 2.80 bits per heavy atom. The Balaban J connectivity index is 1.95. The largest absolute Gasteiger partial charge is 0.424 e. The molecule has 0 fully saturated rings. The van der Waals surface area contributed by atoms with Gasteiger partial charge in [-0.1, -0.05) is 37.6 Å². The molecule has 0 radical (unpaired) electrons. The lowest BCUT2D eigenvalue weighted by Gasteiger charge is -2.19. The number of carbonyl (C=O) groups is 1. The number of aliphatic hydroxyl groups is 1. The van der Waals surface area contributed by atoms with E-state index in [9.17, 15) is 10.1 Å². The molecule has 0 aliphatic heterocycles. The fourth-order valence-corrected chi connectivity index (χ4v) is 2.75. The highest BCUT2D eigenvalue weighted by Crippen LogP contribution is 2.20. The molecule has 1 heterocycles. The molecule has 2 rings (SSSR count). The average Bonchev–Trinajstić information content (AvgIpc) is 3.28. The normalized spacial score (nSPS) is 12.4. The van der Waals surface area contributed by atoms with Crippen LogP contribution in [0.25, 0.3) is 6.08 Å². The maximum Gasteiger partial charge on any atom is 0.262 e. The van der Waals surface area contributed by atoms with Crippen LogP contribution in [0.1, 0.15) is 42.8 Å². The third-order valence-corrected chi connectivity index (χ3v) is 4.26. The van der Waals surface area contributed by atoms with E-state index in [4.69, 9.17) is 14.3 Å². The number of nitrogens with one attached hydrogen (secondary N) is 2. The molecule has 30 heavy (non-hydrogen) atoms. The molecule has 1 atom stereocenters. The maximum atomic E-state index is 12.5. The maximum absolute atomic E-state index is 12.5. The van der Waals surface area contributed by atoms with Gasteiger partial charge in [-0.3, -0.25) is 4.79 Å². The number of amides is 1. The smallest absolute Gasteiger partial charge is 0.262 e. The zero-order chi connectivity index (χ0) is 21.6. The molecule has 0 aliphatic rings. The first-order chi connectivity index (χ1) is 14.7. The van der Waals surface area contributed by atoms with Gasteiger partial charge in [0, 0.05) is 19.2 Å². The van der Waals surface area contributed by atoms with Gasteiger partial charge in [0.2, 0.25) is 12.3 Å². The second-order valence-corrected chi connectivity index (χ2v) is 6.53. The van der Waals surface area contributed by atoms with Crippen molar-refractivity contribution in [3.63, 3.8) is 0 Å². The number of aliphatic hydroxyl groups excluding tert-OH is 1. The number of hydrogen-bond donors (Lipinski definition) is 3. The van der Waals surface area contributed by atoms with Gasteiger partial charge >= 0.3 is 0 Å². The molecule has 0 bridgehead atoms. The first-order valence-corrected chi connectivity index (χ1v) is 9.85. The van der Waals surface area contributed by atoms with Crippen molar-refractivity contribution in [1.29, 1.82) is 5.26 Å². The fourth-order valence-electron chi connectivity index (χ4n) is 2.75. The standard InChI is InChI=1S/C21H27N5O4/c1-2-3-19(25-21(28)18(13-22)12-20-26-24-15-30-20)17-6-4-16(5-7-17)14-29-11-9-23-8-10-27/h4-7,12,15,19,23,27H,2-3,8-11,14H2,1H3,(H,25,28)/b18-12+. The monoisotopic (exact) mass is 413 g/mol. The molecule has 0 saturated carbocycles. The highest BCUT2D eigenvalue weighted by atomic mass is 16.5. The summed E-state index contributed by atoms with van der Waals surface area (Å²) in [6, 6.07) is 9.49. The number of nitriles is 1. The molecule has 0 spiro atoms. The lowest BCUT2D eigenvalue weighted by molar-refractivity contribution is -0.117. The molecule has 1 aromatic carbocycles. The van der Waals surface area contributed by atoms with Crippen molar-refractivity contribution >= 4 is 12.0 Å². The van der Waals surface area contributed by atoms with Crippen molar-refractivity contribution in [2.45, 2.75) is 32.4 Å². The van der Waals surface area contributed by atoms with Crippen LogP contribution < -0.4 is 10.6 Å². The minimum atomic E-state index is -0.489. The van der Waals surface area contributed by atoms with Gasteiger partial charge in [-0.2, -0.15) is 5.26 Å². The minimum absolute atomic E-state index is 0.0971. The zero-order valence-corrected chi connectivity index (χ0v) is 17.0. The van der Waals surface area contributed by atoms with Gasteiger partial charge in [-0.25, -0.2) is 0 Å². The van der Waals surface area contributed by atoms with Crippen LogP contribution in [0.4, 0.5) is 0 Å². The number of carbonyl (C=O) groups excluding carboxylic acids is 1. The molecular weight excluding hydrogens is 386 g/mol. The van der Waals surface area contributed by atoms with Crippen molar-refractivity contribution in [1.82, 2.24) is 20.8 Å². The van der Waals surface area contributed by atoms with Gasteiger partial charge in [0.15, 0.2) is 0 Å². The van der Waals surface area contributed by atoms with Crippen molar-refractivity contribution in [3.05, 3.63) is 53.2 Å². The molecule has 0 saturated heterocycles. The highest BCUT2D eigenvalue weighted by molar-refractivity contribution is 6.01. The van der Waals surface area contributed by atoms with Crippen LogP contribution in [-0.4, -0.2) is 47.5 Å². The molecule has 1 aromatic heterocycles. The molecular formula is C21H27N5O4. The summed E-state index contributed by atoms with van der Waals surface area (Å²) < 4.78 is 10.6. The SMILES string of the molecule is CCCC(NC(=O)/C(C#N)=C/c1nnco1)c1ccc(COCCNCCO)cc1. The van der Waals surface area contributed by atoms with E-state index < -0.39 is 5.91 Å². The van der Waals surface area contributed by atoms with Crippen molar-refractivity contribution < 1.29 is 19.1 Å². The van der Waals surface area contributed by atoms with Gasteiger partial charge in [0.25, 0.3) is 5.91 Å². The van der Waals surface area contributed by atoms with Crippen molar-refractivity contribution in [3.8, 4) is 6.07 Å². The van der Waals surface area contributed by atoms with E-state index in [-0.39, 0.29) is 24.1 Å². The van der Waals surface area contributed by atoms with E-state index in [0.717, 1.165) is 30.4 Å². The Morgan fingerprint density at radius 1 is 1.37 bits per heavy atom. The summed E-state index contributed by atoms with van der Waals surface area (Å²) in [6.07, 6.45) is 4.00. The summed E-state index contributed by atoms with van der Waals surface area (Å²) in [5, 5.41) is 31.2. The van der Waals surface area contributed by atoms with Crippen LogP contribution in [0.2, 0.25) is 0 Å². The van der Waals surface area contributed by atoms with E-state index in [1.807, 2.05) is 37.3 Å². The Labute approximate surface area is 175 Å². The van der Waals surface area contributed by atoms with Crippen LogP contribution in [-0.2, 0) is 16.1 Å². The summed E-state index contributed by atoms with van der Waals surface area (Å²) in [5.74, 6) is -0.387. The Bertz CT molecular complexity index is 828. The minimum Gasteiger partial charge on any atom is -0.424 e. The van der Waals surface area contributed by atoms with E-state index in [1.165, 1.54) is 6.08 Å². The molecule has 3 N–H and O–H groups in total. The number of hydrogen-bond acceptors (Lipinski definition) is 8. The van der Waals surface area contributed by atoms with Gasteiger partial charge in [-0.05, 0) is 17.5 Å². The number of ether oxygens (including phenoxy) is 1. The Morgan fingerprint density at radius 2 is 2.17 bits per heavy atom. The van der Waals surface area contributed by atoms with Crippen LogP contribution in [0, 0.1) is 11.3 Å². The second-order valence-electron chi connectivity index (χ2n) is 6.53. The molecule has 9 heteroatoms. The van der Waals surface area contributed by atoms with Crippen molar-refractivity contribution in [2.75, 3.05) is 26.3 Å². The molecule has 2 aromatic rings. The summed E-state index contributed by atoms with van der Waals surface area (Å²) in [7, 11) is 0. The predicted octanol–water partition coefficient (Wildman–Crippen LogP) is 1.73. The van der Waals surface area contributed by atoms with E-state index in [1.54, 1.807) is 0 Å². The number of aromatic nitrogens is 2. The summed E-state index contributed by atoms with van der Waals surface area (Å²) >= 11 is 0. The van der Waals surface area contributed by atoms with Crippen LogP contribution >= 0.6 is 0 Å². The van der Waals surface area contributed by atoms with E-state index >= 15 is 0 Å². The Kier molecular flexibility index (Phi) is 10.2. The fraction of sp³-hybridized carbons (Fsp3) is 0.429. The second kappa shape index (κ2) is 13.2. The van der Waals surface area contributed by atoms with Crippen LogP contribution in [0.3, 0.4) is 0 Å². The number of nitrogens with zero attached hydrogens (tertiary/aromatic N) is 3.